The Hall–Kier alpha value is -1.91. The van der Waals surface area contributed by atoms with Gasteiger partial charge in [0.1, 0.15) is 0 Å². The summed E-state index contributed by atoms with van der Waals surface area (Å²) in [4.78, 5) is 16.4. The Morgan fingerprint density at radius 2 is 2.11 bits per heavy atom. The first-order valence-corrected chi connectivity index (χ1v) is 6.86. The molecule has 0 aromatic carbocycles. The number of pyridine rings is 1. The van der Waals surface area contributed by atoms with Gasteiger partial charge in [-0.15, -0.1) is 5.10 Å². The molecule has 0 atom stereocenters. The van der Waals surface area contributed by atoms with Crippen molar-refractivity contribution in [1.82, 2.24) is 14.6 Å². The highest BCUT2D eigenvalue weighted by Gasteiger charge is 2.22. The Balaban J connectivity index is 1.75. The monoisotopic (exact) mass is 258 g/mol. The van der Waals surface area contributed by atoms with E-state index in [2.05, 4.69) is 15.4 Å². The number of fused-ring (bicyclic) bond motifs is 1. The molecule has 1 aliphatic rings. The molecule has 0 bridgehead atoms. The second kappa shape index (κ2) is 4.99. The van der Waals surface area contributed by atoms with E-state index in [0.717, 1.165) is 36.9 Å². The highest BCUT2D eigenvalue weighted by molar-refractivity contribution is 5.91. The number of anilines is 1. The van der Waals surface area contributed by atoms with E-state index < -0.39 is 0 Å². The first kappa shape index (κ1) is 12.1. The van der Waals surface area contributed by atoms with Crippen LogP contribution < -0.4 is 5.32 Å². The molecule has 0 unspecified atom stereocenters. The number of aryl methyl sites for hydroxylation is 1. The van der Waals surface area contributed by atoms with Gasteiger partial charge in [-0.2, -0.15) is 4.98 Å². The van der Waals surface area contributed by atoms with Crippen molar-refractivity contribution in [2.45, 2.75) is 39.0 Å². The summed E-state index contributed by atoms with van der Waals surface area (Å²) >= 11 is 0. The Morgan fingerprint density at radius 3 is 2.89 bits per heavy atom. The molecule has 2 aromatic heterocycles. The van der Waals surface area contributed by atoms with Gasteiger partial charge < -0.3 is 0 Å². The third-order valence-electron chi connectivity index (χ3n) is 3.69. The third kappa shape index (κ3) is 2.59. The van der Waals surface area contributed by atoms with Crippen LogP contribution in [0.4, 0.5) is 5.95 Å². The predicted molar refractivity (Wildman–Crippen MR) is 72.9 cm³/mol. The average Bonchev–Trinajstić information content (AvgIpc) is 2.81. The van der Waals surface area contributed by atoms with E-state index in [1.165, 1.54) is 6.42 Å². The number of carbonyl (C=O) groups is 1. The molecule has 1 aliphatic carbocycles. The fourth-order valence-electron chi connectivity index (χ4n) is 2.62. The van der Waals surface area contributed by atoms with E-state index in [9.17, 15) is 4.79 Å². The lowest BCUT2D eigenvalue weighted by molar-refractivity contribution is -0.120. The molecule has 5 heteroatoms. The molecule has 19 heavy (non-hydrogen) atoms. The van der Waals surface area contributed by atoms with E-state index in [4.69, 9.17) is 0 Å². The van der Waals surface area contributed by atoms with E-state index in [-0.39, 0.29) is 11.8 Å². The molecule has 0 saturated heterocycles. The number of hydrogen-bond donors (Lipinski definition) is 1. The molecule has 1 amide bonds. The highest BCUT2D eigenvalue weighted by Crippen LogP contribution is 2.24. The maximum atomic E-state index is 12.1. The zero-order valence-corrected chi connectivity index (χ0v) is 11.1. The molecule has 2 heterocycles. The SMILES string of the molecule is Cc1ccc2nc(NC(=O)C3CCCCC3)nn2c1. The first-order valence-electron chi connectivity index (χ1n) is 6.86. The van der Waals surface area contributed by atoms with Crippen LogP contribution in [0.2, 0.25) is 0 Å². The fraction of sp³-hybridized carbons (Fsp3) is 0.500. The highest BCUT2D eigenvalue weighted by atomic mass is 16.2. The summed E-state index contributed by atoms with van der Waals surface area (Å²) in [5, 5.41) is 7.12. The second-order valence-electron chi connectivity index (χ2n) is 5.27. The van der Waals surface area contributed by atoms with Gasteiger partial charge in [-0.05, 0) is 31.4 Å². The largest absolute Gasteiger partial charge is 0.293 e. The first-order chi connectivity index (χ1) is 9.22. The predicted octanol–water partition coefficient (Wildman–Crippen LogP) is 2.56. The summed E-state index contributed by atoms with van der Waals surface area (Å²) in [5.41, 5.74) is 1.87. The van der Waals surface area contributed by atoms with Crippen LogP contribution in [0.25, 0.3) is 5.65 Å². The van der Waals surface area contributed by atoms with Crippen molar-refractivity contribution in [3.63, 3.8) is 0 Å². The molecule has 0 spiro atoms. The zero-order chi connectivity index (χ0) is 13.2. The average molecular weight is 258 g/mol. The number of rotatable bonds is 2. The number of carbonyl (C=O) groups excluding carboxylic acids is 1. The zero-order valence-electron chi connectivity index (χ0n) is 11.1. The summed E-state index contributed by atoms with van der Waals surface area (Å²) < 4.78 is 1.70. The Bertz CT molecular complexity index is 599. The Labute approximate surface area is 112 Å². The lowest BCUT2D eigenvalue weighted by atomic mass is 9.89. The van der Waals surface area contributed by atoms with Gasteiger partial charge in [-0.25, -0.2) is 4.52 Å². The van der Waals surface area contributed by atoms with Crippen LogP contribution in [0.5, 0.6) is 0 Å². The summed E-state index contributed by atoms with van der Waals surface area (Å²) in [6.45, 7) is 2.00. The van der Waals surface area contributed by atoms with Crippen LogP contribution in [-0.2, 0) is 4.79 Å². The van der Waals surface area contributed by atoms with E-state index in [1.54, 1.807) is 4.52 Å². The lowest BCUT2D eigenvalue weighted by Gasteiger charge is -2.19. The topological polar surface area (TPSA) is 59.3 Å². The molecular weight excluding hydrogens is 240 g/mol. The number of aromatic nitrogens is 3. The van der Waals surface area contributed by atoms with Crippen molar-refractivity contribution >= 4 is 17.5 Å². The smallest absolute Gasteiger partial charge is 0.249 e. The van der Waals surface area contributed by atoms with Crippen LogP contribution in [0.1, 0.15) is 37.7 Å². The van der Waals surface area contributed by atoms with Gasteiger partial charge in [-0.3, -0.25) is 10.1 Å². The molecule has 100 valence electrons. The molecule has 1 N–H and O–H groups in total. The minimum Gasteiger partial charge on any atom is -0.293 e. The number of nitrogens with one attached hydrogen (secondary N) is 1. The lowest BCUT2D eigenvalue weighted by Crippen LogP contribution is -2.25. The van der Waals surface area contributed by atoms with Gasteiger partial charge in [0.2, 0.25) is 11.9 Å². The molecule has 1 saturated carbocycles. The number of hydrogen-bond acceptors (Lipinski definition) is 3. The van der Waals surface area contributed by atoms with E-state index >= 15 is 0 Å². The fourth-order valence-corrected chi connectivity index (χ4v) is 2.62. The number of amides is 1. The molecule has 1 fully saturated rings. The van der Waals surface area contributed by atoms with Gasteiger partial charge in [-0.1, -0.05) is 25.3 Å². The maximum absolute atomic E-state index is 12.1. The van der Waals surface area contributed by atoms with Crippen molar-refractivity contribution in [2.24, 2.45) is 5.92 Å². The van der Waals surface area contributed by atoms with E-state index in [1.807, 2.05) is 25.3 Å². The minimum absolute atomic E-state index is 0.0623. The minimum atomic E-state index is 0.0623. The summed E-state index contributed by atoms with van der Waals surface area (Å²) in [7, 11) is 0. The second-order valence-corrected chi connectivity index (χ2v) is 5.27. The molecule has 3 rings (SSSR count). The van der Waals surface area contributed by atoms with Crippen molar-refractivity contribution in [3.05, 3.63) is 23.9 Å². The van der Waals surface area contributed by atoms with Crippen LogP contribution in [-0.4, -0.2) is 20.5 Å². The van der Waals surface area contributed by atoms with Gasteiger partial charge in [0.25, 0.3) is 0 Å². The standard InChI is InChI=1S/C14H18N4O/c1-10-7-8-12-15-14(17-18(12)9-10)16-13(19)11-5-3-2-4-6-11/h7-9,11H,2-6H2,1H3,(H,16,17,19). The Kier molecular flexibility index (Phi) is 3.19. The molecule has 2 aromatic rings. The van der Waals surface area contributed by atoms with Crippen molar-refractivity contribution < 1.29 is 4.79 Å². The van der Waals surface area contributed by atoms with Crippen molar-refractivity contribution in [1.29, 1.82) is 0 Å². The summed E-state index contributed by atoms with van der Waals surface area (Å²) in [6.07, 6.45) is 7.41. The van der Waals surface area contributed by atoms with Gasteiger partial charge in [0, 0.05) is 12.1 Å². The summed E-state index contributed by atoms with van der Waals surface area (Å²) in [5.74, 6) is 0.593. The quantitative estimate of drug-likeness (QED) is 0.900. The van der Waals surface area contributed by atoms with E-state index in [0.29, 0.717) is 5.95 Å². The van der Waals surface area contributed by atoms with Crippen LogP contribution in [0.3, 0.4) is 0 Å². The normalized spacial score (nSPS) is 16.7. The third-order valence-corrected chi connectivity index (χ3v) is 3.69. The van der Waals surface area contributed by atoms with Gasteiger partial charge in [0.15, 0.2) is 5.65 Å². The van der Waals surface area contributed by atoms with Gasteiger partial charge in [0.05, 0.1) is 0 Å². The molecular formula is C14H18N4O. The summed E-state index contributed by atoms with van der Waals surface area (Å²) in [6, 6.07) is 3.88. The van der Waals surface area contributed by atoms with Crippen molar-refractivity contribution in [2.75, 3.05) is 5.32 Å². The van der Waals surface area contributed by atoms with Gasteiger partial charge >= 0.3 is 0 Å². The molecule has 0 radical (unpaired) electrons. The van der Waals surface area contributed by atoms with Crippen molar-refractivity contribution in [3.8, 4) is 0 Å². The number of nitrogens with zero attached hydrogens (tertiary/aromatic N) is 3. The molecule has 0 aliphatic heterocycles. The maximum Gasteiger partial charge on any atom is 0.249 e. The van der Waals surface area contributed by atoms with Crippen LogP contribution >= 0.6 is 0 Å². The van der Waals surface area contributed by atoms with Crippen LogP contribution in [0, 0.1) is 12.8 Å². The Morgan fingerprint density at radius 1 is 1.32 bits per heavy atom. The molecule has 5 nitrogen and oxygen atoms in total. The van der Waals surface area contributed by atoms with Crippen LogP contribution in [0.15, 0.2) is 18.3 Å².